The topological polar surface area (TPSA) is 80.3 Å². The molecule has 0 aromatic carbocycles. The first-order valence-corrected chi connectivity index (χ1v) is 24.9. The van der Waals surface area contributed by atoms with Crippen molar-refractivity contribution < 1.29 is 32.3 Å². The summed E-state index contributed by atoms with van der Waals surface area (Å²) in [6, 6.07) is 0. The van der Waals surface area contributed by atoms with Gasteiger partial charge in [-0.15, -0.1) is 0 Å². The minimum absolute atomic E-state index is 0.0223. The van der Waals surface area contributed by atoms with Gasteiger partial charge in [-0.25, -0.2) is 0 Å². The third-order valence-corrected chi connectivity index (χ3v) is 13.1. The predicted molar refractivity (Wildman–Crippen MR) is 158 cm³/mol. The minimum atomic E-state index is -2.11. The maximum atomic E-state index is 14.2. The molecule has 39 heavy (non-hydrogen) atoms. The van der Waals surface area contributed by atoms with Gasteiger partial charge in [-0.1, -0.05) is 12.2 Å². The molecule has 4 bridgehead atoms. The first kappa shape index (κ1) is 29.7. The van der Waals surface area contributed by atoms with Crippen molar-refractivity contribution in [2.24, 2.45) is 34.5 Å². The van der Waals surface area contributed by atoms with Gasteiger partial charge >= 0.3 is 11.9 Å². The summed E-state index contributed by atoms with van der Waals surface area (Å²) in [6.45, 7) is 26.2. The molecule has 5 rings (SSSR count). The number of methoxy groups -OCH3 is 1. The van der Waals surface area contributed by atoms with Crippen LogP contribution < -0.4 is 0 Å². The number of carbonyl (C=O) groups is 2. The highest BCUT2D eigenvalue weighted by Gasteiger charge is 2.85. The van der Waals surface area contributed by atoms with Crippen LogP contribution in [0.15, 0.2) is 12.2 Å². The fourth-order valence-corrected chi connectivity index (χ4v) is 12.9. The number of carbonyl (C=O) groups excluding carboxylic acids is 2. The van der Waals surface area contributed by atoms with Crippen LogP contribution in [-0.2, 0) is 32.3 Å². The Labute approximate surface area is 238 Å². The van der Waals surface area contributed by atoms with Gasteiger partial charge in [-0.2, -0.15) is 0 Å². The maximum absolute atomic E-state index is 14.2. The van der Waals surface area contributed by atoms with Crippen LogP contribution in [0.4, 0.5) is 0 Å². The Morgan fingerprint density at radius 3 is 2.03 bits per heavy atom. The molecule has 0 aromatic heterocycles. The zero-order valence-corrected chi connectivity index (χ0v) is 28.9. The highest BCUT2D eigenvalue weighted by Crippen LogP contribution is 2.78. The molecule has 0 N–H and O–H groups in total. The molecule has 5 aliphatic rings. The van der Waals surface area contributed by atoms with Crippen LogP contribution in [0.1, 0.15) is 32.6 Å². The zero-order valence-electron chi connectivity index (χ0n) is 25.9. The molecule has 220 valence electrons. The van der Waals surface area contributed by atoms with E-state index >= 15 is 0 Å². The van der Waals surface area contributed by atoms with Crippen molar-refractivity contribution in [3.05, 3.63) is 12.2 Å². The van der Waals surface area contributed by atoms with Crippen LogP contribution in [0.25, 0.3) is 0 Å². The highest BCUT2D eigenvalue weighted by molar-refractivity contribution is 6.70. The van der Waals surface area contributed by atoms with Crippen molar-refractivity contribution in [1.82, 2.24) is 0 Å². The SMILES string of the molecule is C=C1C[C@]23C[C@H]1[C@@H](O[Si](C)(C)C)CC2[C@@]12C[C@H](O[Si](C)(C)C)[C@H](O[Si](C)(C)C)C(C)(C(=O)O1)C2[C@@H]3C(=O)OC. The van der Waals surface area contributed by atoms with Crippen molar-refractivity contribution in [3.63, 3.8) is 0 Å². The van der Waals surface area contributed by atoms with E-state index in [1.54, 1.807) is 0 Å². The molecule has 3 unspecified atom stereocenters. The van der Waals surface area contributed by atoms with Crippen molar-refractivity contribution >= 4 is 36.9 Å². The molecule has 10 atom stereocenters. The third kappa shape index (κ3) is 4.42. The van der Waals surface area contributed by atoms with Crippen LogP contribution in [0, 0.1) is 34.5 Å². The molecule has 0 amide bonds. The van der Waals surface area contributed by atoms with E-state index in [1.807, 2.05) is 6.92 Å². The van der Waals surface area contributed by atoms with Gasteiger partial charge in [0.05, 0.1) is 36.8 Å². The molecular formula is C29H50O7Si3. The summed E-state index contributed by atoms with van der Waals surface area (Å²) in [4.78, 5) is 28.1. The highest BCUT2D eigenvalue weighted by atomic mass is 28.4. The van der Waals surface area contributed by atoms with Crippen molar-refractivity contribution in [2.45, 2.75) is 115 Å². The number of ether oxygens (including phenoxy) is 2. The average Bonchev–Trinajstić information content (AvgIpc) is 3.23. The number of esters is 2. The summed E-state index contributed by atoms with van der Waals surface area (Å²) < 4.78 is 32.8. The number of hydrogen-bond donors (Lipinski definition) is 0. The largest absolute Gasteiger partial charge is 0.469 e. The second-order valence-corrected chi connectivity index (χ2v) is 29.5. The van der Waals surface area contributed by atoms with Crippen molar-refractivity contribution in [2.75, 3.05) is 7.11 Å². The Balaban J connectivity index is 1.70. The molecule has 1 heterocycles. The summed E-state index contributed by atoms with van der Waals surface area (Å²) in [7, 11) is -4.51. The lowest BCUT2D eigenvalue weighted by atomic mass is 9.58. The summed E-state index contributed by atoms with van der Waals surface area (Å²) in [5.41, 5.74) is -1.02. The van der Waals surface area contributed by atoms with E-state index in [9.17, 15) is 9.59 Å². The van der Waals surface area contributed by atoms with Gasteiger partial charge in [0.2, 0.25) is 0 Å². The molecule has 0 radical (unpaired) electrons. The van der Waals surface area contributed by atoms with E-state index in [4.69, 9.17) is 22.8 Å². The Morgan fingerprint density at radius 1 is 0.923 bits per heavy atom. The van der Waals surface area contributed by atoms with Gasteiger partial charge in [0.25, 0.3) is 0 Å². The first-order valence-electron chi connectivity index (χ1n) is 14.7. The summed E-state index contributed by atoms with van der Waals surface area (Å²) in [6.07, 6.45) is 2.17. The minimum Gasteiger partial charge on any atom is -0.469 e. The van der Waals surface area contributed by atoms with E-state index in [1.165, 1.54) is 12.7 Å². The van der Waals surface area contributed by atoms with Gasteiger partial charge in [-0.3, -0.25) is 9.59 Å². The lowest BCUT2D eigenvalue weighted by molar-refractivity contribution is -0.165. The Hall–Kier alpha value is -0.789. The van der Waals surface area contributed by atoms with Gasteiger partial charge < -0.3 is 22.8 Å². The van der Waals surface area contributed by atoms with E-state index in [0.717, 1.165) is 19.3 Å². The molecule has 0 aromatic rings. The average molecular weight is 595 g/mol. The standard InChI is InChI=1S/C29H50O7Si3/c1-17-14-28-15-18(17)19(34-37(4,5)6)13-21(28)29-16-20(35-38(7,8)9)24(36-39(10,11)12)27(2,26(31)33-29)23(29)22(28)25(30)32-3/h18-24H,1,13-16H2,2-12H3/t18-,19+,20+,21?,22-,23?,24+,27?,28+,29-/m1/s1. The van der Waals surface area contributed by atoms with Gasteiger partial charge in [-0.05, 0) is 90.5 Å². The third-order valence-electron chi connectivity index (χ3n) is 10.1. The molecular weight excluding hydrogens is 545 g/mol. The second kappa shape index (κ2) is 8.86. The number of rotatable bonds is 7. The van der Waals surface area contributed by atoms with E-state index in [-0.39, 0.29) is 47.3 Å². The van der Waals surface area contributed by atoms with Gasteiger partial charge in [0.15, 0.2) is 25.0 Å². The van der Waals surface area contributed by atoms with Crippen LogP contribution >= 0.6 is 0 Å². The summed E-state index contributed by atoms with van der Waals surface area (Å²) >= 11 is 0. The van der Waals surface area contributed by atoms with Crippen LogP contribution in [0.3, 0.4) is 0 Å². The normalized spacial score (nSPS) is 45.2. The zero-order chi connectivity index (χ0) is 29.1. The lowest BCUT2D eigenvalue weighted by Gasteiger charge is -2.52. The summed E-state index contributed by atoms with van der Waals surface area (Å²) in [5, 5.41) is 0. The molecule has 7 nitrogen and oxygen atoms in total. The molecule has 4 saturated carbocycles. The van der Waals surface area contributed by atoms with E-state index in [0.29, 0.717) is 6.42 Å². The van der Waals surface area contributed by atoms with Crippen LogP contribution in [0.2, 0.25) is 58.9 Å². The second-order valence-electron chi connectivity index (χ2n) is 16.2. The molecule has 10 heteroatoms. The van der Waals surface area contributed by atoms with Gasteiger partial charge in [0, 0.05) is 24.2 Å². The van der Waals surface area contributed by atoms with E-state index in [2.05, 4.69) is 65.5 Å². The molecule has 5 fully saturated rings. The molecule has 1 saturated heterocycles. The molecule has 1 aliphatic heterocycles. The number of fused-ring (bicyclic) bond motifs is 1. The number of hydrogen-bond acceptors (Lipinski definition) is 7. The lowest BCUT2D eigenvalue weighted by Crippen LogP contribution is -2.63. The summed E-state index contributed by atoms with van der Waals surface area (Å²) in [5.74, 6) is -1.09. The Bertz CT molecular complexity index is 1070. The van der Waals surface area contributed by atoms with Crippen molar-refractivity contribution in [3.8, 4) is 0 Å². The molecule has 4 aliphatic carbocycles. The fourth-order valence-electron chi connectivity index (χ4n) is 9.47. The van der Waals surface area contributed by atoms with Gasteiger partial charge in [0.1, 0.15) is 5.60 Å². The maximum Gasteiger partial charge on any atom is 0.315 e. The van der Waals surface area contributed by atoms with Crippen molar-refractivity contribution in [1.29, 1.82) is 0 Å². The Morgan fingerprint density at radius 2 is 1.49 bits per heavy atom. The van der Waals surface area contributed by atoms with Crippen LogP contribution in [-0.4, -0.2) is 67.9 Å². The smallest absolute Gasteiger partial charge is 0.315 e. The quantitative estimate of drug-likeness (QED) is 0.211. The molecule has 1 spiro atoms. The fraction of sp³-hybridized carbons (Fsp3) is 0.862. The van der Waals surface area contributed by atoms with E-state index < -0.39 is 48.0 Å². The first-order chi connectivity index (χ1) is 17.7. The Kier molecular flexibility index (Phi) is 6.75. The predicted octanol–water partition coefficient (Wildman–Crippen LogP) is 5.74. The monoisotopic (exact) mass is 594 g/mol. The van der Waals surface area contributed by atoms with Crippen LogP contribution in [0.5, 0.6) is 0 Å².